The van der Waals surface area contributed by atoms with E-state index in [0.29, 0.717) is 26.1 Å². The molecule has 1 atom stereocenters. The summed E-state index contributed by atoms with van der Waals surface area (Å²) in [5.74, 6) is 0.588. The summed E-state index contributed by atoms with van der Waals surface area (Å²) in [5.41, 5.74) is -0.0951. The Morgan fingerprint density at radius 1 is 1.32 bits per heavy atom. The summed E-state index contributed by atoms with van der Waals surface area (Å²) in [4.78, 5) is 0. The number of nitrogens with zero attached hydrogens (tertiary/aromatic N) is 1. The van der Waals surface area contributed by atoms with Crippen LogP contribution in [-0.4, -0.2) is 21.5 Å². The van der Waals surface area contributed by atoms with Gasteiger partial charge in [-0.25, -0.2) is 0 Å². The second kappa shape index (κ2) is 7.32. The lowest BCUT2D eigenvalue weighted by Gasteiger charge is -2.34. The summed E-state index contributed by atoms with van der Waals surface area (Å²) in [7, 11) is 0.348. The van der Waals surface area contributed by atoms with E-state index in [4.69, 9.17) is 26.0 Å². The molecule has 1 unspecified atom stereocenters. The van der Waals surface area contributed by atoms with Crippen molar-refractivity contribution in [3.05, 3.63) is 41.4 Å². The van der Waals surface area contributed by atoms with Crippen LogP contribution in [0.25, 0.3) is 0 Å². The fourth-order valence-electron chi connectivity index (χ4n) is 1.62. The SMILES string of the molecule is C=CC(Oc1ccc(C#N)c(Cl)c1)C(C)(C)O[Si]C(C)(C)C. The molecule has 5 heteroatoms. The zero-order chi connectivity index (χ0) is 17.0. The third-order valence-electron chi connectivity index (χ3n) is 2.84. The minimum absolute atomic E-state index is 0.0980. The standard InChI is InChI=1S/C17H22ClNO2Si/c1-7-15(17(5,6)21-22-16(2,3)4)20-13-9-8-12(11-19)14(18)10-13/h7-10,15H,1H2,2-6H3. The highest BCUT2D eigenvalue weighted by Crippen LogP contribution is 2.29. The van der Waals surface area contributed by atoms with Crippen molar-refractivity contribution < 1.29 is 9.16 Å². The zero-order valence-corrected chi connectivity index (χ0v) is 15.5. The molecule has 1 rings (SSSR count). The lowest BCUT2D eigenvalue weighted by molar-refractivity contribution is 0.0115. The molecule has 0 saturated carbocycles. The van der Waals surface area contributed by atoms with E-state index in [1.807, 2.05) is 19.9 Å². The minimum atomic E-state index is -0.520. The molecule has 0 spiro atoms. The highest BCUT2D eigenvalue weighted by atomic mass is 35.5. The van der Waals surface area contributed by atoms with Crippen molar-refractivity contribution in [2.24, 2.45) is 0 Å². The average molecular weight is 336 g/mol. The Hall–Kier alpha value is -1.28. The smallest absolute Gasteiger partial charge is 0.236 e. The molecule has 2 radical (unpaired) electrons. The van der Waals surface area contributed by atoms with Crippen molar-refractivity contribution in [1.29, 1.82) is 5.26 Å². The maximum absolute atomic E-state index is 8.90. The van der Waals surface area contributed by atoms with Crippen LogP contribution >= 0.6 is 11.6 Å². The molecule has 0 N–H and O–H groups in total. The van der Waals surface area contributed by atoms with Crippen molar-refractivity contribution in [2.45, 2.75) is 51.4 Å². The molecule has 118 valence electrons. The molecule has 22 heavy (non-hydrogen) atoms. The molecule has 3 nitrogen and oxygen atoms in total. The molecule has 1 aromatic rings. The first-order valence-corrected chi connectivity index (χ1v) is 8.32. The highest BCUT2D eigenvalue weighted by molar-refractivity contribution is 6.32. The number of halogens is 1. The largest absolute Gasteiger partial charge is 0.483 e. The van der Waals surface area contributed by atoms with Gasteiger partial charge >= 0.3 is 0 Å². The van der Waals surface area contributed by atoms with E-state index in [1.165, 1.54) is 0 Å². The summed E-state index contributed by atoms with van der Waals surface area (Å²) in [6.45, 7) is 14.2. The summed E-state index contributed by atoms with van der Waals surface area (Å²) in [5, 5.41) is 9.37. The Morgan fingerprint density at radius 2 is 1.95 bits per heavy atom. The van der Waals surface area contributed by atoms with Gasteiger partial charge in [-0.2, -0.15) is 5.26 Å². The van der Waals surface area contributed by atoms with Gasteiger partial charge in [-0.3, -0.25) is 0 Å². The molecule has 0 aromatic heterocycles. The molecular weight excluding hydrogens is 314 g/mol. The van der Waals surface area contributed by atoms with Crippen LogP contribution in [0.5, 0.6) is 5.75 Å². The summed E-state index contributed by atoms with van der Waals surface area (Å²) in [6.07, 6.45) is 1.39. The first-order chi connectivity index (χ1) is 10.1. The van der Waals surface area contributed by atoms with Crippen molar-refractivity contribution in [2.75, 3.05) is 0 Å². The Balaban J connectivity index is 2.86. The van der Waals surface area contributed by atoms with Gasteiger partial charge in [-0.05, 0) is 37.1 Å². The van der Waals surface area contributed by atoms with Crippen LogP contribution in [0.2, 0.25) is 10.1 Å². The van der Waals surface area contributed by atoms with Gasteiger partial charge in [-0.1, -0.05) is 39.0 Å². The summed E-state index contributed by atoms with van der Waals surface area (Å²) in [6, 6.07) is 7.03. The summed E-state index contributed by atoms with van der Waals surface area (Å²) >= 11 is 6.03. The Kier molecular flexibility index (Phi) is 6.24. The molecule has 0 bridgehead atoms. The van der Waals surface area contributed by atoms with Gasteiger partial charge in [0, 0.05) is 6.07 Å². The predicted octanol–water partition coefficient (Wildman–Crippen LogP) is 4.78. The first kappa shape index (κ1) is 18.8. The fourth-order valence-corrected chi connectivity index (χ4v) is 2.52. The quantitative estimate of drug-likeness (QED) is 0.555. The highest BCUT2D eigenvalue weighted by Gasteiger charge is 2.32. The number of benzene rings is 1. The number of hydrogen-bond acceptors (Lipinski definition) is 3. The van der Waals surface area contributed by atoms with Crippen LogP contribution in [0.1, 0.15) is 40.2 Å². The maximum Gasteiger partial charge on any atom is 0.236 e. The van der Waals surface area contributed by atoms with E-state index in [2.05, 4.69) is 27.4 Å². The molecule has 0 saturated heterocycles. The molecule has 0 aliphatic heterocycles. The second-order valence-corrected chi connectivity index (χ2v) is 8.90. The van der Waals surface area contributed by atoms with Crippen molar-refractivity contribution in [3.63, 3.8) is 0 Å². The van der Waals surface area contributed by atoms with Crippen LogP contribution in [-0.2, 0) is 4.43 Å². The van der Waals surface area contributed by atoms with Crippen LogP contribution in [0.15, 0.2) is 30.9 Å². The van der Waals surface area contributed by atoms with Crippen LogP contribution in [0, 0.1) is 11.3 Å². The van der Waals surface area contributed by atoms with E-state index >= 15 is 0 Å². The molecule has 0 aliphatic rings. The Bertz CT molecular complexity index is 573. The van der Waals surface area contributed by atoms with Crippen molar-refractivity contribution in [3.8, 4) is 11.8 Å². The third kappa shape index (κ3) is 5.49. The van der Waals surface area contributed by atoms with Gasteiger partial charge in [0.05, 0.1) is 16.2 Å². The van der Waals surface area contributed by atoms with E-state index in [9.17, 15) is 0 Å². The maximum atomic E-state index is 8.90. The zero-order valence-electron chi connectivity index (χ0n) is 13.7. The number of rotatable bonds is 6. The number of ether oxygens (including phenoxy) is 1. The minimum Gasteiger partial charge on any atom is -0.483 e. The van der Waals surface area contributed by atoms with E-state index in [0.717, 1.165) is 0 Å². The monoisotopic (exact) mass is 335 g/mol. The third-order valence-corrected chi connectivity index (χ3v) is 4.40. The first-order valence-electron chi connectivity index (χ1n) is 7.03. The average Bonchev–Trinajstić information content (AvgIpc) is 2.42. The van der Waals surface area contributed by atoms with Gasteiger partial charge in [0.2, 0.25) is 9.76 Å². The predicted molar refractivity (Wildman–Crippen MR) is 91.4 cm³/mol. The van der Waals surface area contributed by atoms with Crippen molar-refractivity contribution in [1.82, 2.24) is 0 Å². The van der Waals surface area contributed by atoms with Gasteiger partial charge in [0.15, 0.2) is 0 Å². The summed E-state index contributed by atoms with van der Waals surface area (Å²) < 4.78 is 12.0. The van der Waals surface area contributed by atoms with Gasteiger partial charge in [0.25, 0.3) is 0 Å². The molecule has 0 fully saturated rings. The van der Waals surface area contributed by atoms with Crippen molar-refractivity contribution >= 4 is 21.4 Å². The van der Waals surface area contributed by atoms with Gasteiger partial charge in [-0.15, -0.1) is 0 Å². The van der Waals surface area contributed by atoms with E-state index in [1.54, 1.807) is 24.3 Å². The molecular formula is C17H22ClNO2Si. The molecule has 0 heterocycles. The van der Waals surface area contributed by atoms with E-state index in [-0.39, 0.29) is 11.1 Å². The van der Waals surface area contributed by atoms with Gasteiger partial charge < -0.3 is 9.16 Å². The lowest BCUT2D eigenvalue weighted by Crippen LogP contribution is -2.43. The normalized spacial score (nSPS) is 13.3. The van der Waals surface area contributed by atoms with Crippen LogP contribution in [0.3, 0.4) is 0 Å². The lowest BCUT2D eigenvalue weighted by atomic mass is 10.0. The van der Waals surface area contributed by atoms with Gasteiger partial charge in [0.1, 0.15) is 17.9 Å². The number of nitriles is 1. The molecule has 0 aliphatic carbocycles. The second-order valence-electron chi connectivity index (χ2n) is 6.59. The van der Waals surface area contributed by atoms with Crippen LogP contribution < -0.4 is 4.74 Å². The number of hydrogen-bond donors (Lipinski definition) is 0. The Labute approximate surface area is 140 Å². The molecule has 0 amide bonds. The van der Waals surface area contributed by atoms with E-state index < -0.39 is 5.60 Å². The molecule has 1 aromatic carbocycles. The fraction of sp³-hybridized carbons (Fsp3) is 0.471. The van der Waals surface area contributed by atoms with Crippen LogP contribution in [0.4, 0.5) is 0 Å². The topological polar surface area (TPSA) is 42.2 Å². The Morgan fingerprint density at radius 3 is 2.41 bits per heavy atom.